The number of ether oxygens (including phenoxy) is 1. The number of hydrogen-bond donors (Lipinski definition) is 1. The van der Waals surface area contributed by atoms with Crippen molar-refractivity contribution in [3.05, 3.63) is 35.9 Å². The molecule has 0 radical (unpaired) electrons. The summed E-state index contributed by atoms with van der Waals surface area (Å²) in [5.41, 5.74) is 0.474. The Kier molecular flexibility index (Phi) is 4.39. The molecular weight excluding hydrogens is 393 g/mol. The van der Waals surface area contributed by atoms with E-state index in [9.17, 15) is 14.6 Å². The number of epoxide rings is 1. The molecular formula is C24H34BNO5. The molecule has 3 aliphatic carbocycles. The number of rotatable bonds is 5. The van der Waals surface area contributed by atoms with Crippen molar-refractivity contribution >= 4 is 18.4 Å². The van der Waals surface area contributed by atoms with Gasteiger partial charge in [-0.1, -0.05) is 51.1 Å². The standard InChI is InChI=1S/C24H34BNO5/c1-15(27)13-26(20-12-18-11-19(16(20)2)23(18,3)4)14-21(28)31-25(26,29)22-24(5,30-22)17-9-7-6-8-10-17/h6-10,16,18-20,22,29H,11-14H2,1-5H3/t16-,18+,19-,20-,22-,24+,25?,26?/m1/s1. The molecule has 1 aromatic carbocycles. The van der Waals surface area contributed by atoms with E-state index in [0.29, 0.717) is 11.8 Å². The molecule has 8 atom stereocenters. The molecule has 0 spiro atoms. The Hall–Kier alpha value is -1.70. The highest BCUT2D eigenvalue weighted by Gasteiger charge is 2.77. The van der Waals surface area contributed by atoms with Gasteiger partial charge in [-0.15, -0.1) is 0 Å². The Morgan fingerprint density at radius 1 is 1.23 bits per heavy atom. The molecule has 2 heterocycles. The van der Waals surface area contributed by atoms with E-state index in [0.717, 1.165) is 12.0 Å². The van der Waals surface area contributed by atoms with Gasteiger partial charge in [0.15, 0.2) is 5.78 Å². The van der Waals surface area contributed by atoms with Crippen molar-refractivity contribution in [3.8, 4) is 0 Å². The zero-order valence-electron chi connectivity index (χ0n) is 19.2. The van der Waals surface area contributed by atoms with Crippen molar-refractivity contribution in [2.75, 3.05) is 13.1 Å². The van der Waals surface area contributed by atoms with Crippen LogP contribution in [0.25, 0.3) is 0 Å². The SMILES string of the molecule is CC(=O)C[N+]1([C@@H]2C[C@@H]3C[C@H]([C@H]2C)C3(C)C)CC(=O)O[B-]1(O)[C@@H]1O[C@@]1(C)c1ccccc1. The first-order chi connectivity index (χ1) is 14.5. The fourth-order valence-corrected chi connectivity index (χ4v) is 7.68. The average Bonchev–Trinajstić information content (AvgIpc) is 3.34. The van der Waals surface area contributed by atoms with Crippen LogP contribution in [-0.2, 0) is 24.6 Å². The lowest BCUT2D eigenvalue weighted by Crippen LogP contribution is -2.78. The van der Waals surface area contributed by atoms with Gasteiger partial charge in [0.2, 0.25) is 0 Å². The van der Waals surface area contributed by atoms with E-state index in [1.165, 1.54) is 6.42 Å². The Bertz CT molecular complexity index is 937. The van der Waals surface area contributed by atoms with E-state index in [-0.39, 0.29) is 40.6 Å². The molecule has 0 aromatic heterocycles. The first-order valence-electron chi connectivity index (χ1n) is 11.6. The number of benzene rings is 1. The summed E-state index contributed by atoms with van der Waals surface area (Å²) < 4.78 is 11.9. The number of carbonyl (C=O) groups excluding carboxylic acids is 2. The topological polar surface area (TPSA) is 76.1 Å². The van der Waals surface area contributed by atoms with Crippen molar-refractivity contribution in [2.45, 2.75) is 65.1 Å². The van der Waals surface area contributed by atoms with Crippen LogP contribution in [0.5, 0.6) is 0 Å². The number of hydrogen-bond acceptors (Lipinski definition) is 5. The molecule has 5 fully saturated rings. The fourth-order valence-electron chi connectivity index (χ4n) is 7.68. The Balaban J connectivity index is 1.56. The summed E-state index contributed by atoms with van der Waals surface area (Å²) >= 11 is 0. The lowest BCUT2D eigenvalue weighted by molar-refractivity contribution is -0.861. The van der Waals surface area contributed by atoms with E-state index in [1.807, 2.05) is 37.3 Å². The van der Waals surface area contributed by atoms with Crippen LogP contribution in [0.15, 0.2) is 30.3 Å². The molecule has 2 unspecified atom stereocenters. The third-order valence-electron chi connectivity index (χ3n) is 9.56. The van der Waals surface area contributed by atoms with Crippen molar-refractivity contribution < 1.29 is 28.4 Å². The number of Topliss-reactive ketones (excluding diaryl/α,β-unsaturated/α-hetero) is 1. The van der Waals surface area contributed by atoms with Crippen LogP contribution >= 0.6 is 0 Å². The molecule has 6 rings (SSSR count). The second-order valence-corrected chi connectivity index (χ2v) is 11.4. The molecule has 0 amide bonds. The van der Waals surface area contributed by atoms with Crippen LogP contribution in [0, 0.1) is 23.2 Å². The third-order valence-corrected chi connectivity index (χ3v) is 9.56. The second kappa shape index (κ2) is 6.43. The molecule has 7 heteroatoms. The predicted octanol–water partition coefficient (Wildman–Crippen LogP) is 2.80. The van der Waals surface area contributed by atoms with E-state index < -0.39 is 24.3 Å². The maximum absolute atomic E-state index is 12.8. The van der Waals surface area contributed by atoms with Gasteiger partial charge in [-0.05, 0) is 42.6 Å². The van der Waals surface area contributed by atoms with Crippen LogP contribution in [-0.4, -0.2) is 53.0 Å². The first-order valence-corrected chi connectivity index (χ1v) is 11.6. The van der Waals surface area contributed by atoms with Gasteiger partial charge in [0.05, 0.1) is 11.6 Å². The Labute approximate surface area is 184 Å². The monoisotopic (exact) mass is 427 g/mol. The van der Waals surface area contributed by atoms with Gasteiger partial charge in [-0.25, -0.2) is 0 Å². The maximum atomic E-state index is 12.8. The fraction of sp³-hybridized carbons (Fsp3) is 0.667. The first kappa shape index (κ1) is 21.2. The van der Waals surface area contributed by atoms with E-state index >= 15 is 0 Å². The Morgan fingerprint density at radius 2 is 1.90 bits per heavy atom. The van der Waals surface area contributed by atoms with Gasteiger partial charge in [-0.2, -0.15) is 0 Å². The average molecular weight is 427 g/mol. The van der Waals surface area contributed by atoms with Crippen molar-refractivity contribution in [1.82, 2.24) is 0 Å². The molecule has 1 aromatic rings. The number of carbonyl (C=O) groups is 2. The zero-order valence-corrected chi connectivity index (χ0v) is 19.2. The minimum atomic E-state index is -2.75. The van der Waals surface area contributed by atoms with Gasteiger partial charge in [0.25, 0.3) is 0 Å². The molecule has 1 N–H and O–H groups in total. The van der Waals surface area contributed by atoms with Gasteiger partial charge >= 0.3 is 12.7 Å². The molecule has 6 nitrogen and oxygen atoms in total. The summed E-state index contributed by atoms with van der Waals surface area (Å²) in [6, 6.07) is 9.10. The quantitative estimate of drug-likeness (QED) is 0.578. The number of nitrogens with zero attached hydrogens (tertiary/aromatic N) is 1. The van der Waals surface area contributed by atoms with Crippen LogP contribution in [0.2, 0.25) is 0 Å². The van der Waals surface area contributed by atoms with Crippen LogP contribution < -0.4 is 0 Å². The summed E-state index contributed by atoms with van der Waals surface area (Å²) in [5, 5.41) is 12.2. The van der Waals surface area contributed by atoms with Gasteiger partial charge in [0, 0.05) is 12.8 Å². The summed E-state index contributed by atoms with van der Waals surface area (Å²) in [5.74, 6) is 0.877. The summed E-state index contributed by atoms with van der Waals surface area (Å²) in [6.45, 7) is 7.75. The zero-order chi connectivity index (χ0) is 22.4. The highest BCUT2D eigenvalue weighted by Crippen LogP contribution is 2.64. The van der Waals surface area contributed by atoms with Crippen molar-refractivity contribution in [3.63, 3.8) is 0 Å². The van der Waals surface area contributed by atoms with Crippen LogP contribution in [0.3, 0.4) is 0 Å². The molecule has 5 aliphatic rings. The van der Waals surface area contributed by atoms with E-state index in [2.05, 4.69) is 20.8 Å². The summed E-state index contributed by atoms with van der Waals surface area (Å²) in [6.07, 6.45) is 2.08. The Morgan fingerprint density at radius 3 is 2.48 bits per heavy atom. The molecule has 3 saturated carbocycles. The van der Waals surface area contributed by atoms with E-state index in [1.54, 1.807) is 6.92 Å². The lowest BCUT2D eigenvalue weighted by atomic mass is 9.43. The molecule has 31 heavy (non-hydrogen) atoms. The van der Waals surface area contributed by atoms with Crippen molar-refractivity contribution in [2.24, 2.45) is 23.2 Å². The number of ketones is 1. The highest BCUT2D eigenvalue weighted by molar-refractivity contribution is 6.64. The van der Waals surface area contributed by atoms with Gasteiger partial charge in [-0.3, -0.25) is 9.59 Å². The molecule has 168 valence electrons. The molecule has 2 saturated heterocycles. The number of quaternary nitrogens is 1. The van der Waals surface area contributed by atoms with Crippen LogP contribution in [0.4, 0.5) is 0 Å². The van der Waals surface area contributed by atoms with E-state index in [4.69, 9.17) is 9.39 Å². The highest BCUT2D eigenvalue weighted by atomic mass is 16.7. The van der Waals surface area contributed by atoms with Gasteiger partial charge in [0.1, 0.15) is 19.1 Å². The summed E-state index contributed by atoms with van der Waals surface area (Å²) in [4.78, 5) is 25.3. The molecule has 2 bridgehead atoms. The third kappa shape index (κ3) is 2.69. The lowest BCUT2D eigenvalue weighted by Gasteiger charge is -2.67. The van der Waals surface area contributed by atoms with Crippen molar-refractivity contribution in [1.29, 1.82) is 0 Å². The minimum absolute atomic E-state index is 0.00125. The van der Waals surface area contributed by atoms with Gasteiger partial charge < -0.3 is 18.8 Å². The summed E-state index contributed by atoms with van der Waals surface area (Å²) in [7, 11) is 0. The smallest absolute Gasteiger partial charge is 0.557 e. The largest absolute Gasteiger partial charge is 0.609 e. The minimum Gasteiger partial charge on any atom is -0.609 e. The normalized spacial score (nSPS) is 47.4. The predicted molar refractivity (Wildman–Crippen MR) is 116 cm³/mol. The maximum Gasteiger partial charge on any atom is 0.557 e. The number of fused-ring (bicyclic) bond motifs is 2. The second-order valence-electron chi connectivity index (χ2n) is 11.4. The molecule has 2 aliphatic heterocycles. The van der Waals surface area contributed by atoms with Crippen LogP contribution in [0.1, 0.15) is 53.0 Å².